The third-order valence-electron chi connectivity index (χ3n) is 2.58. The van der Waals surface area contributed by atoms with Gasteiger partial charge in [0.1, 0.15) is 5.82 Å². The first-order valence-corrected chi connectivity index (χ1v) is 6.97. The Morgan fingerprint density at radius 2 is 2.32 bits per heavy atom. The second-order valence-corrected chi connectivity index (χ2v) is 5.30. The Morgan fingerprint density at radius 3 is 2.95 bits per heavy atom. The Morgan fingerprint density at radius 1 is 1.53 bits per heavy atom. The van der Waals surface area contributed by atoms with E-state index in [0.29, 0.717) is 11.6 Å². The van der Waals surface area contributed by atoms with Crippen LogP contribution in [0.5, 0.6) is 5.75 Å². The maximum Gasteiger partial charge on any atom is 0.197 e. The SMILES string of the molecule is CC(C)Oc1c(N)nsc1NCCc1nccn1C. The van der Waals surface area contributed by atoms with Crippen LogP contribution >= 0.6 is 11.5 Å². The Labute approximate surface area is 116 Å². The summed E-state index contributed by atoms with van der Waals surface area (Å²) in [6.45, 7) is 4.70. The molecular weight excluding hydrogens is 262 g/mol. The van der Waals surface area contributed by atoms with Crippen molar-refractivity contribution in [3.8, 4) is 5.75 Å². The summed E-state index contributed by atoms with van der Waals surface area (Å²) in [4.78, 5) is 4.28. The van der Waals surface area contributed by atoms with E-state index in [4.69, 9.17) is 10.5 Å². The van der Waals surface area contributed by atoms with Gasteiger partial charge in [-0.1, -0.05) is 0 Å². The molecule has 7 heteroatoms. The lowest BCUT2D eigenvalue weighted by atomic mass is 10.4. The van der Waals surface area contributed by atoms with Gasteiger partial charge in [-0.05, 0) is 25.4 Å². The van der Waals surface area contributed by atoms with Gasteiger partial charge >= 0.3 is 0 Å². The molecule has 0 saturated heterocycles. The number of rotatable bonds is 6. The molecule has 0 fully saturated rings. The van der Waals surface area contributed by atoms with Crippen molar-refractivity contribution in [2.75, 3.05) is 17.6 Å². The predicted molar refractivity (Wildman–Crippen MR) is 77.7 cm³/mol. The molecule has 2 aromatic heterocycles. The van der Waals surface area contributed by atoms with Crippen molar-refractivity contribution < 1.29 is 4.74 Å². The second-order valence-electron chi connectivity index (χ2n) is 4.52. The molecule has 0 saturated carbocycles. The molecule has 2 heterocycles. The third kappa shape index (κ3) is 3.37. The van der Waals surface area contributed by atoms with E-state index in [1.165, 1.54) is 11.5 Å². The van der Waals surface area contributed by atoms with Gasteiger partial charge in [0.25, 0.3) is 0 Å². The number of hydrogen-bond donors (Lipinski definition) is 2. The summed E-state index contributed by atoms with van der Waals surface area (Å²) in [6, 6.07) is 0. The number of aromatic nitrogens is 3. The minimum absolute atomic E-state index is 0.0776. The van der Waals surface area contributed by atoms with Gasteiger partial charge in [-0.2, -0.15) is 4.37 Å². The number of hydrogen-bond acceptors (Lipinski definition) is 6. The number of nitrogens with two attached hydrogens (primary N) is 1. The number of nitrogens with zero attached hydrogens (tertiary/aromatic N) is 3. The van der Waals surface area contributed by atoms with Crippen LogP contribution in [0.3, 0.4) is 0 Å². The lowest BCUT2D eigenvalue weighted by Gasteiger charge is -2.11. The molecule has 0 amide bonds. The Kier molecular flexibility index (Phi) is 4.26. The highest BCUT2D eigenvalue weighted by molar-refractivity contribution is 7.11. The van der Waals surface area contributed by atoms with Crippen LogP contribution in [0.15, 0.2) is 12.4 Å². The number of nitrogen functional groups attached to an aromatic ring is 1. The van der Waals surface area contributed by atoms with Crippen LogP contribution in [0, 0.1) is 0 Å². The molecule has 0 bridgehead atoms. The molecule has 0 aromatic carbocycles. The summed E-state index contributed by atoms with van der Waals surface area (Å²) in [5.41, 5.74) is 5.80. The van der Waals surface area contributed by atoms with Crippen LogP contribution in [-0.2, 0) is 13.5 Å². The Bertz CT molecular complexity index is 534. The molecule has 0 aliphatic rings. The van der Waals surface area contributed by atoms with Crippen LogP contribution in [0.4, 0.5) is 10.8 Å². The lowest BCUT2D eigenvalue weighted by molar-refractivity contribution is 0.245. The first-order valence-electron chi connectivity index (χ1n) is 6.19. The highest BCUT2D eigenvalue weighted by Gasteiger charge is 2.14. The number of aryl methyl sites for hydroxylation is 1. The third-order valence-corrected chi connectivity index (χ3v) is 3.38. The summed E-state index contributed by atoms with van der Waals surface area (Å²) in [5.74, 6) is 2.13. The van der Waals surface area contributed by atoms with E-state index in [0.717, 1.165) is 23.8 Å². The number of imidazole rings is 1. The summed E-state index contributed by atoms with van der Waals surface area (Å²) >= 11 is 1.32. The van der Waals surface area contributed by atoms with E-state index in [1.54, 1.807) is 6.20 Å². The van der Waals surface area contributed by atoms with Crippen LogP contribution in [0.25, 0.3) is 0 Å². The maximum atomic E-state index is 5.80. The number of nitrogens with one attached hydrogen (secondary N) is 1. The van der Waals surface area contributed by atoms with E-state index in [9.17, 15) is 0 Å². The lowest BCUT2D eigenvalue weighted by Crippen LogP contribution is -2.11. The molecule has 0 unspecified atom stereocenters. The molecule has 6 nitrogen and oxygen atoms in total. The van der Waals surface area contributed by atoms with Gasteiger partial charge in [0.2, 0.25) is 0 Å². The highest BCUT2D eigenvalue weighted by atomic mass is 32.1. The fraction of sp³-hybridized carbons (Fsp3) is 0.500. The van der Waals surface area contributed by atoms with Gasteiger partial charge in [-0.15, -0.1) is 0 Å². The van der Waals surface area contributed by atoms with Crippen LogP contribution in [-0.4, -0.2) is 26.6 Å². The van der Waals surface area contributed by atoms with Crippen molar-refractivity contribution in [2.45, 2.75) is 26.4 Å². The Balaban J connectivity index is 1.94. The van der Waals surface area contributed by atoms with E-state index in [-0.39, 0.29) is 6.10 Å². The first-order chi connectivity index (χ1) is 9.08. The smallest absolute Gasteiger partial charge is 0.197 e. The molecular formula is C12H19N5OS. The average Bonchev–Trinajstić information content (AvgIpc) is 2.89. The van der Waals surface area contributed by atoms with Gasteiger partial charge in [0, 0.05) is 32.4 Å². The van der Waals surface area contributed by atoms with Gasteiger partial charge in [0.15, 0.2) is 16.6 Å². The van der Waals surface area contributed by atoms with Crippen LogP contribution in [0.1, 0.15) is 19.7 Å². The summed E-state index contributed by atoms with van der Waals surface area (Å²) in [7, 11) is 1.99. The second kappa shape index (κ2) is 5.92. The average molecular weight is 281 g/mol. The molecule has 0 aliphatic heterocycles. The van der Waals surface area contributed by atoms with Gasteiger partial charge in [0.05, 0.1) is 6.10 Å². The minimum Gasteiger partial charge on any atom is -0.484 e. The zero-order chi connectivity index (χ0) is 13.8. The number of anilines is 2. The highest BCUT2D eigenvalue weighted by Crippen LogP contribution is 2.35. The molecule has 104 valence electrons. The fourth-order valence-electron chi connectivity index (χ4n) is 1.68. The zero-order valence-corrected chi connectivity index (χ0v) is 12.2. The van der Waals surface area contributed by atoms with Gasteiger partial charge in [-0.3, -0.25) is 0 Å². The number of ether oxygens (including phenoxy) is 1. The Hall–Kier alpha value is -1.76. The zero-order valence-electron chi connectivity index (χ0n) is 11.4. The van der Waals surface area contributed by atoms with E-state index >= 15 is 0 Å². The van der Waals surface area contributed by atoms with Crippen molar-refractivity contribution in [1.29, 1.82) is 0 Å². The maximum absolute atomic E-state index is 5.80. The topological polar surface area (TPSA) is 78.0 Å². The van der Waals surface area contributed by atoms with E-state index in [1.807, 2.05) is 31.7 Å². The molecule has 2 rings (SSSR count). The van der Waals surface area contributed by atoms with Crippen molar-refractivity contribution in [1.82, 2.24) is 13.9 Å². The monoisotopic (exact) mass is 281 g/mol. The molecule has 3 N–H and O–H groups in total. The van der Waals surface area contributed by atoms with Crippen LogP contribution < -0.4 is 15.8 Å². The van der Waals surface area contributed by atoms with Crippen molar-refractivity contribution in [3.63, 3.8) is 0 Å². The van der Waals surface area contributed by atoms with E-state index < -0.39 is 0 Å². The fourth-order valence-corrected chi connectivity index (χ4v) is 2.36. The predicted octanol–water partition coefficient (Wildman–Crippen LogP) is 1.90. The quantitative estimate of drug-likeness (QED) is 0.845. The van der Waals surface area contributed by atoms with Crippen molar-refractivity contribution >= 4 is 22.4 Å². The molecule has 2 aromatic rings. The minimum atomic E-state index is 0.0776. The molecule has 0 spiro atoms. The summed E-state index contributed by atoms with van der Waals surface area (Å²) in [5, 5.41) is 4.18. The van der Waals surface area contributed by atoms with Crippen LogP contribution in [0.2, 0.25) is 0 Å². The largest absolute Gasteiger partial charge is 0.484 e. The van der Waals surface area contributed by atoms with Gasteiger partial charge < -0.3 is 20.4 Å². The van der Waals surface area contributed by atoms with Crippen molar-refractivity contribution in [3.05, 3.63) is 18.2 Å². The normalized spacial score (nSPS) is 10.9. The summed E-state index contributed by atoms with van der Waals surface area (Å²) in [6.07, 6.45) is 4.65. The van der Waals surface area contributed by atoms with E-state index in [2.05, 4.69) is 14.7 Å². The first kappa shape index (κ1) is 13.7. The molecule has 0 aliphatic carbocycles. The standard InChI is InChI=1S/C12H19N5OS/c1-8(2)18-10-11(13)16-19-12(10)15-5-4-9-14-6-7-17(9)3/h6-8,15H,4-5H2,1-3H3,(H2,13,16). The van der Waals surface area contributed by atoms with Gasteiger partial charge in [-0.25, -0.2) is 4.98 Å². The molecule has 0 atom stereocenters. The summed E-state index contributed by atoms with van der Waals surface area (Å²) < 4.78 is 11.8. The molecule has 19 heavy (non-hydrogen) atoms. The molecule has 0 radical (unpaired) electrons. The van der Waals surface area contributed by atoms with Crippen molar-refractivity contribution in [2.24, 2.45) is 7.05 Å².